The molecule has 1 saturated heterocycles. The van der Waals surface area contributed by atoms with Crippen molar-refractivity contribution in [3.63, 3.8) is 0 Å². The first-order chi connectivity index (χ1) is 17.4. The SMILES string of the molecule is Cc1cc(NC(=O)COC(=O)c2cccc(N3C(=O)[C@@H]4CC[C@@H](c5ccccc5)C[C@H]4C3=O)c2)no1. The maximum Gasteiger partial charge on any atom is 0.338 e. The van der Waals surface area contributed by atoms with Crippen molar-refractivity contribution in [2.24, 2.45) is 11.8 Å². The van der Waals surface area contributed by atoms with Crippen LogP contribution in [0.2, 0.25) is 0 Å². The minimum atomic E-state index is -0.746. The summed E-state index contributed by atoms with van der Waals surface area (Å²) in [6.07, 6.45) is 2.12. The predicted octanol–water partition coefficient (Wildman–Crippen LogP) is 3.85. The summed E-state index contributed by atoms with van der Waals surface area (Å²) < 4.78 is 9.97. The van der Waals surface area contributed by atoms with Crippen LogP contribution >= 0.6 is 0 Å². The Labute approximate surface area is 207 Å². The van der Waals surface area contributed by atoms with Crippen LogP contribution in [0.1, 0.15) is 46.9 Å². The fraction of sp³-hybridized carbons (Fsp3) is 0.296. The van der Waals surface area contributed by atoms with Gasteiger partial charge < -0.3 is 14.6 Å². The van der Waals surface area contributed by atoms with E-state index in [4.69, 9.17) is 9.26 Å². The highest BCUT2D eigenvalue weighted by molar-refractivity contribution is 6.22. The quantitative estimate of drug-likeness (QED) is 0.414. The number of aromatic nitrogens is 1. The second-order valence-corrected chi connectivity index (χ2v) is 9.14. The smallest absolute Gasteiger partial charge is 0.338 e. The number of hydrogen-bond donors (Lipinski definition) is 1. The van der Waals surface area contributed by atoms with Crippen LogP contribution in [0, 0.1) is 18.8 Å². The zero-order chi connectivity index (χ0) is 25.2. The molecule has 1 aliphatic carbocycles. The number of carbonyl (C=O) groups is 4. The van der Waals surface area contributed by atoms with Gasteiger partial charge in [-0.1, -0.05) is 41.6 Å². The van der Waals surface area contributed by atoms with E-state index in [9.17, 15) is 19.2 Å². The lowest BCUT2D eigenvalue weighted by Gasteiger charge is -2.28. The largest absolute Gasteiger partial charge is 0.452 e. The topological polar surface area (TPSA) is 119 Å². The van der Waals surface area contributed by atoms with Gasteiger partial charge >= 0.3 is 5.97 Å². The average molecular weight is 488 g/mol. The van der Waals surface area contributed by atoms with Crippen LogP contribution < -0.4 is 10.2 Å². The maximum absolute atomic E-state index is 13.3. The molecule has 36 heavy (non-hydrogen) atoms. The summed E-state index contributed by atoms with van der Waals surface area (Å²) in [5.41, 5.74) is 1.64. The number of fused-ring (bicyclic) bond motifs is 1. The van der Waals surface area contributed by atoms with Gasteiger partial charge in [0.05, 0.1) is 23.1 Å². The lowest BCUT2D eigenvalue weighted by Crippen LogP contribution is -2.31. The lowest BCUT2D eigenvalue weighted by molar-refractivity contribution is -0.122. The molecule has 2 aliphatic rings. The minimum Gasteiger partial charge on any atom is -0.452 e. The Morgan fingerprint density at radius 1 is 1.03 bits per heavy atom. The molecule has 0 unspecified atom stereocenters. The third kappa shape index (κ3) is 4.64. The number of aryl methyl sites for hydroxylation is 1. The van der Waals surface area contributed by atoms with Crippen molar-refractivity contribution < 1.29 is 28.4 Å². The molecular weight excluding hydrogens is 462 g/mol. The number of nitrogens with zero attached hydrogens (tertiary/aromatic N) is 2. The molecule has 1 aromatic heterocycles. The molecule has 1 saturated carbocycles. The van der Waals surface area contributed by atoms with Gasteiger partial charge in [0.25, 0.3) is 5.91 Å². The van der Waals surface area contributed by atoms with E-state index in [1.807, 2.05) is 18.2 Å². The maximum atomic E-state index is 13.3. The van der Waals surface area contributed by atoms with E-state index < -0.39 is 18.5 Å². The Hall–Kier alpha value is -4.27. The number of hydrogen-bond acceptors (Lipinski definition) is 7. The highest BCUT2D eigenvalue weighted by atomic mass is 16.5. The fourth-order valence-electron chi connectivity index (χ4n) is 5.05. The molecule has 2 fully saturated rings. The van der Waals surface area contributed by atoms with Gasteiger partial charge in [0.2, 0.25) is 11.8 Å². The number of benzene rings is 2. The van der Waals surface area contributed by atoms with E-state index in [-0.39, 0.29) is 40.9 Å². The van der Waals surface area contributed by atoms with E-state index in [0.29, 0.717) is 24.3 Å². The first kappa shape index (κ1) is 23.5. The van der Waals surface area contributed by atoms with E-state index in [2.05, 4.69) is 22.6 Å². The third-order valence-electron chi connectivity index (χ3n) is 6.77. The summed E-state index contributed by atoms with van der Waals surface area (Å²) in [5, 5.41) is 6.11. The van der Waals surface area contributed by atoms with Crippen molar-refractivity contribution in [1.82, 2.24) is 5.16 Å². The molecule has 5 rings (SSSR count). The summed E-state index contributed by atoms with van der Waals surface area (Å²) in [6, 6.07) is 17.8. The third-order valence-corrected chi connectivity index (χ3v) is 6.77. The zero-order valence-electron chi connectivity index (χ0n) is 19.7. The monoisotopic (exact) mass is 487 g/mol. The molecule has 184 valence electrons. The molecule has 9 heteroatoms. The number of esters is 1. The van der Waals surface area contributed by atoms with Crippen LogP contribution in [-0.4, -0.2) is 35.5 Å². The Morgan fingerprint density at radius 2 is 1.81 bits per heavy atom. The molecule has 0 bridgehead atoms. The molecule has 0 radical (unpaired) electrons. The fourth-order valence-corrected chi connectivity index (χ4v) is 5.05. The normalized spacial score (nSPS) is 21.2. The van der Waals surface area contributed by atoms with Crippen LogP contribution in [0.4, 0.5) is 11.5 Å². The molecule has 3 atom stereocenters. The Balaban J connectivity index is 1.25. The van der Waals surface area contributed by atoms with Crippen molar-refractivity contribution in [1.29, 1.82) is 0 Å². The van der Waals surface area contributed by atoms with Gasteiger partial charge in [0.1, 0.15) is 5.76 Å². The van der Waals surface area contributed by atoms with E-state index in [0.717, 1.165) is 6.42 Å². The molecule has 1 aliphatic heterocycles. The number of carbonyl (C=O) groups excluding carboxylic acids is 4. The summed E-state index contributed by atoms with van der Waals surface area (Å²) >= 11 is 0. The second-order valence-electron chi connectivity index (χ2n) is 9.14. The van der Waals surface area contributed by atoms with Gasteiger partial charge in [-0.2, -0.15) is 0 Å². The molecule has 2 aromatic carbocycles. The van der Waals surface area contributed by atoms with Crippen molar-refractivity contribution in [2.75, 3.05) is 16.8 Å². The average Bonchev–Trinajstić information content (AvgIpc) is 3.42. The number of imide groups is 1. The molecule has 9 nitrogen and oxygen atoms in total. The summed E-state index contributed by atoms with van der Waals surface area (Å²) in [4.78, 5) is 52.3. The van der Waals surface area contributed by atoms with Crippen LogP contribution in [0.15, 0.2) is 65.2 Å². The standard InChI is InChI=1S/C27H25N3O6/c1-16-12-23(29-36-16)28-24(31)15-35-27(34)19-8-5-9-20(13-19)30-25(32)21-11-10-18(14-22(21)26(30)33)17-6-3-2-4-7-17/h2-9,12-13,18,21-22H,10-11,14-15H2,1H3,(H,28,29,31)/t18-,21-,22-/m1/s1. The van der Waals surface area contributed by atoms with Gasteiger partial charge in [-0.25, -0.2) is 4.79 Å². The Kier molecular flexibility index (Phi) is 6.37. The van der Waals surface area contributed by atoms with Gasteiger partial charge in [0.15, 0.2) is 12.4 Å². The highest BCUT2D eigenvalue weighted by Gasteiger charge is 2.50. The van der Waals surface area contributed by atoms with Crippen LogP contribution in [-0.2, 0) is 19.1 Å². The minimum absolute atomic E-state index is 0.134. The molecule has 2 heterocycles. The first-order valence-corrected chi connectivity index (χ1v) is 11.8. The lowest BCUT2D eigenvalue weighted by atomic mass is 9.73. The Morgan fingerprint density at radius 3 is 2.56 bits per heavy atom. The molecule has 1 N–H and O–H groups in total. The summed E-state index contributed by atoms with van der Waals surface area (Å²) in [6.45, 7) is 1.16. The van der Waals surface area contributed by atoms with Crippen LogP contribution in [0.5, 0.6) is 0 Å². The summed E-state index contributed by atoms with van der Waals surface area (Å²) in [7, 11) is 0. The van der Waals surface area contributed by atoms with Crippen molar-refractivity contribution in [3.05, 3.63) is 77.6 Å². The van der Waals surface area contributed by atoms with Crippen molar-refractivity contribution in [3.8, 4) is 0 Å². The van der Waals surface area contributed by atoms with Crippen molar-refractivity contribution >= 4 is 35.2 Å². The van der Waals surface area contributed by atoms with E-state index in [1.165, 1.54) is 28.7 Å². The molecule has 3 amide bonds. The Bertz CT molecular complexity index is 1320. The van der Waals surface area contributed by atoms with Gasteiger partial charge in [-0.05, 0) is 55.9 Å². The number of anilines is 2. The molecule has 0 spiro atoms. The molecular formula is C27H25N3O6. The number of nitrogens with one attached hydrogen (secondary N) is 1. The van der Waals surface area contributed by atoms with E-state index in [1.54, 1.807) is 19.1 Å². The second kappa shape index (κ2) is 9.77. The number of ether oxygens (including phenoxy) is 1. The van der Waals surface area contributed by atoms with Crippen molar-refractivity contribution in [2.45, 2.75) is 32.1 Å². The summed E-state index contributed by atoms with van der Waals surface area (Å²) in [5.74, 6) is -1.54. The zero-order valence-corrected chi connectivity index (χ0v) is 19.7. The van der Waals surface area contributed by atoms with Gasteiger partial charge in [-0.3, -0.25) is 19.3 Å². The van der Waals surface area contributed by atoms with E-state index >= 15 is 0 Å². The number of rotatable bonds is 6. The van der Waals surface area contributed by atoms with Gasteiger partial charge in [-0.15, -0.1) is 0 Å². The molecule has 3 aromatic rings. The van der Waals surface area contributed by atoms with Crippen LogP contribution in [0.3, 0.4) is 0 Å². The highest BCUT2D eigenvalue weighted by Crippen LogP contribution is 2.45. The first-order valence-electron chi connectivity index (χ1n) is 11.8. The predicted molar refractivity (Wildman–Crippen MR) is 129 cm³/mol. The van der Waals surface area contributed by atoms with Gasteiger partial charge in [0, 0.05) is 6.07 Å². The van der Waals surface area contributed by atoms with Crippen LogP contribution in [0.25, 0.3) is 0 Å². The number of amides is 3.